The lowest BCUT2D eigenvalue weighted by Gasteiger charge is -2.31. The normalized spacial score (nSPS) is 18.3. The van der Waals surface area contributed by atoms with Crippen LogP contribution in [0.1, 0.15) is 19.8 Å². The van der Waals surface area contributed by atoms with Gasteiger partial charge in [-0.2, -0.15) is 4.31 Å². The number of rotatable bonds is 4. The Morgan fingerprint density at radius 3 is 2.65 bits per heavy atom. The second-order valence-corrected chi connectivity index (χ2v) is 6.65. The molecule has 112 valence electrons. The number of hydrogen-bond acceptors (Lipinski definition) is 4. The van der Waals surface area contributed by atoms with Crippen LogP contribution in [-0.2, 0) is 14.8 Å². The minimum atomic E-state index is -3.74. The molecule has 1 heterocycles. The number of hydrogen-bond donors (Lipinski definition) is 1. The summed E-state index contributed by atoms with van der Waals surface area (Å²) < 4.78 is 45.0. The van der Waals surface area contributed by atoms with Crippen LogP contribution in [0.5, 0.6) is 0 Å². The summed E-state index contributed by atoms with van der Waals surface area (Å²) in [4.78, 5) is -0.160. The van der Waals surface area contributed by atoms with E-state index in [1.165, 1.54) is 10.4 Å². The zero-order valence-corrected chi connectivity index (χ0v) is 12.2. The number of piperidine rings is 1. The number of ether oxygens (including phenoxy) is 1. The van der Waals surface area contributed by atoms with Gasteiger partial charge in [0.1, 0.15) is 10.7 Å². The molecule has 0 radical (unpaired) electrons. The summed E-state index contributed by atoms with van der Waals surface area (Å²) in [5, 5.41) is 0. The molecule has 0 amide bonds. The summed E-state index contributed by atoms with van der Waals surface area (Å²) >= 11 is 0. The number of nitrogens with zero attached hydrogens (tertiary/aromatic N) is 1. The average molecular weight is 302 g/mol. The van der Waals surface area contributed by atoms with Gasteiger partial charge in [-0.1, -0.05) is 0 Å². The smallest absolute Gasteiger partial charge is 0.245 e. The second-order valence-electron chi connectivity index (χ2n) is 4.74. The van der Waals surface area contributed by atoms with E-state index >= 15 is 0 Å². The molecule has 0 atom stereocenters. The number of nitrogens with two attached hydrogens (primary N) is 1. The van der Waals surface area contributed by atoms with Crippen LogP contribution in [0.2, 0.25) is 0 Å². The van der Waals surface area contributed by atoms with Crippen molar-refractivity contribution in [3.05, 3.63) is 24.0 Å². The molecule has 7 heteroatoms. The Balaban J connectivity index is 2.18. The molecule has 1 saturated heterocycles. The maximum absolute atomic E-state index is 13.2. The molecule has 1 aliphatic rings. The van der Waals surface area contributed by atoms with Gasteiger partial charge in [-0.05, 0) is 38.0 Å². The molecule has 1 aliphatic heterocycles. The Hall–Kier alpha value is -1.18. The molecule has 1 aromatic carbocycles. The predicted octanol–water partition coefficient (Wildman–Crippen LogP) is 1.60. The van der Waals surface area contributed by atoms with E-state index in [4.69, 9.17) is 10.5 Å². The maximum Gasteiger partial charge on any atom is 0.245 e. The SMILES string of the molecule is CCOC1CCN(S(=O)(=O)c2cc(F)ccc2N)CC1. The van der Waals surface area contributed by atoms with Crippen LogP contribution in [0, 0.1) is 5.82 Å². The fourth-order valence-electron chi connectivity index (χ4n) is 2.35. The molecule has 0 bridgehead atoms. The van der Waals surface area contributed by atoms with Crippen LogP contribution in [0.3, 0.4) is 0 Å². The van der Waals surface area contributed by atoms with Gasteiger partial charge in [0, 0.05) is 19.7 Å². The van der Waals surface area contributed by atoms with Crippen LogP contribution >= 0.6 is 0 Å². The Morgan fingerprint density at radius 1 is 1.40 bits per heavy atom. The third-order valence-electron chi connectivity index (χ3n) is 3.40. The topological polar surface area (TPSA) is 72.6 Å². The van der Waals surface area contributed by atoms with E-state index in [1.807, 2.05) is 6.92 Å². The lowest BCUT2D eigenvalue weighted by Crippen LogP contribution is -2.41. The fourth-order valence-corrected chi connectivity index (χ4v) is 3.94. The molecular weight excluding hydrogens is 283 g/mol. The molecule has 0 aliphatic carbocycles. The van der Waals surface area contributed by atoms with E-state index in [9.17, 15) is 12.8 Å². The minimum absolute atomic E-state index is 0.0679. The van der Waals surface area contributed by atoms with E-state index in [-0.39, 0.29) is 16.7 Å². The Morgan fingerprint density at radius 2 is 2.05 bits per heavy atom. The van der Waals surface area contributed by atoms with E-state index < -0.39 is 15.8 Å². The van der Waals surface area contributed by atoms with Crippen molar-refractivity contribution in [3.8, 4) is 0 Å². The highest BCUT2D eigenvalue weighted by Gasteiger charge is 2.31. The van der Waals surface area contributed by atoms with Crippen LogP contribution in [0.15, 0.2) is 23.1 Å². The van der Waals surface area contributed by atoms with Crippen molar-refractivity contribution in [2.24, 2.45) is 0 Å². The van der Waals surface area contributed by atoms with Gasteiger partial charge in [0.2, 0.25) is 10.0 Å². The molecule has 1 fully saturated rings. The number of anilines is 1. The number of benzene rings is 1. The van der Waals surface area contributed by atoms with Gasteiger partial charge in [-0.15, -0.1) is 0 Å². The lowest BCUT2D eigenvalue weighted by atomic mass is 10.1. The zero-order chi connectivity index (χ0) is 14.8. The standard InChI is InChI=1S/C13H19FN2O3S/c1-2-19-11-5-7-16(8-6-11)20(17,18)13-9-10(14)3-4-12(13)15/h3-4,9,11H,2,5-8,15H2,1H3. The average Bonchev–Trinajstić information content (AvgIpc) is 2.42. The monoisotopic (exact) mass is 302 g/mol. The fraction of sp³-hybridized carbons (Fsp3) is 0.538. The third kappa shape index (κ3) is 3.11. The van der Waals surface area contributed by atoms with Gasteiger partial charge in [0.05, 0.1) is 11.8 Å². The van der Waals surface area contributed by atoms with Gasteiger partial charge in [-0.25, -0.2) is 12.8 Å². The largest absolute Gasteiger partial charge is 0.398 e. The third-order valence-corrected chi connectivity index (χ3v) is 5.35. The van der Waals surface area contributed by atoms with Crippen LogP contribution in [-0.4, -0.2) is 38.5 Å². The van der Waals surface area contributed by atoms with Gasteiger partial charge in [0.15, 0.2) is 0 Å². The molecule has 0 saturated carbocycles. The number of halogens is 1. The first-order chi connectivity index (χ1) is 9.45. The van der Waals surface area contributed by atoms with Crippen molar-refractivity contribution in [3.63, 3.8) is 0 Å². The highest BCUT2D eigenvalue weighted by Crippen LogP contribution is 2.26. The molecule has 20 heavy (non-hydrogen) atoms. The maximum atomic E-state index is 13.2. The molecule has 5 nitrogen and oxygen atoms in total. The molecule has 0 spiro atoms. The second kappa shape index (κ2) is 6.07. The summed E-state index contributed by atoms with van der Waals surface area (Å²) in [5.41, 5.74) is 5.73. The quantitative estimate of drug-likeness (QED) is 0.857. The van der Waals surface area contributed by atoms with Gasteiger partial charge < -0.3 is 10.5 Å². The Kier molecular flexibility index (Phi) is 4.62. The highest BCUT2D eigenvalue weighted by molar-refractivity contribution is 7.89. The van der Waals surface area contributed by atoms with Crippen molar-refractivity contribution >= 4 is 15.7 Å². The molecule has 2 rings (SSSR count). The Bertz CT molecular complexity index is 569. The summed E-state index contributed by atoms with van der Waals surface area (Å²) in [6.45, 7) is 3.26. The highest BCUT2D eigenvalue weighted by atomic mass is 32.2. The molecular formula is C13H19FN2O3S. The predicted molar refractivity (Wildman–Crippen MR) is 74.2 cm³/mol. The lowest BCUT2D eigenvalue weighted by molar-refractivity contribution is 0.0290. The number of sulfonamides is 1. The van der Waals surface area contributed by atoms with E-state index in [1.54, 1.807) is 0 Å². The first-order valence-electron chi connectivity index (χ1n) is 6.62. The summed E-state index contributed by atoms with van der Waals surface area (Å²) in [7, 11) is -3.74. The van der Waals surface area contributed by atoms with Crippen molar-refractivity contribution in [1.29, 1.82) is 0 Å². The van der Waals surface area contributed by atoms with Crippen LogP contribution in [0.25, 0.3) is 0 Å². The van der Waals surface area contributed by atoms with Crippen LogP contribution in [0.4, 0.5) is 10.1 Å². The van der Waals surface area contributed by atoms with E-state index in [0.29, 0.717) is 32.5 Å². The summed E-state index contributed by atoms with van der Waals surface area (Å²) in [6.07, 6.45) is 1.38. The van der Waals surface area contributed by atoms with Crippen molar-refractivity contribution in [2.75, 3.05) is 25.4 Å². The van der Waals surface area contributed by atoms with Gasteiger partial charge in [-0.3, -0.25) is 0 Å². The molecule has 0 unspecified atom stereocenters. The van der Waals surface area contributed by atoms with Crippen molar-refractivity contribution < 1.29 is 17.5 Å². The number of nitrogen functional groups attached to an aromatic ring is 1. The Labute approximate surface area is 118 Å². The summed E-state index contributed by atoms with van der Waals surface area (Å²) in [5.74, 6) is -0.609. The van der Waals surface area contributed by atoms with Crippen molar-refractivity contribution in [2.45, 2.75) is 30.8 Å². The van der Waals surface area contributed by atoms with Gasteiger partial charge in [0.25, 0.3) is 0 Å². The molecule has 2 N–H and O–H groups in total. The van der Waals surface area contributed by atoms with E-state index in [2.05, 4.69) is 0 Å². The van der Waals surface area contributed by atoms with Crippen LogP contribution < -0.4 is 5.73 Å². The molecule has 0 aromatic heterocycles. The van der Waals surface area contributed by atoms with E-state index in [0.717, 1.165) is 12.1 Å². The summed E-state index contributed by atoms with van der Waals surface area (Å²) in [6, 6.07) is 3.39. The minimum Gasteiger partial charge on any atom is -0.398 e. The first-order valence-corrected chi connectivity index (χ1v) is 8.06. The molecule has 1 aromatic rings. The van der Waals surface area contributed by atoms with Gasteiger partial charge >= 0.3 is 0 Å². The first kappa shape index (κ1) is 15.2. The van der Waals surface area contributed by atoms with Crippen molar-refractivity contribution in [1.82, 2.24) is 4.31 Å². The zero-order valence-electron chi connectivity index (χ0n) is 11.4.